The highest BCUT2D eigenvalue weighted by molar-refractivity contribution is 5.97. The van der Waals surface area contributed by atoms with Gasteiger partial charge in [0.25, 0.3) is 0 Å². The first-order valence-electron chi connectivity index (χ1n) is 9.96. The van der Waals surface area contributed by atoms with Crippen LogP contribution in [-0.2, 0) is 6.54 Å². The van der Waals surface area contributed by atoms with Crippen molar-refractivity contribution in [3.8, 4) is 11.5 Å². The molecule has 0 aliphatic carbocycles. The molecule has 1 aliphatic rings. The fourth-order valence-corrected chi connectivity index (χ4v) is 4.15. The van der Waals surface area contributed by atoms with Crippen molar-refractivity contribution in [3.05, 3.63) is 72.2 Å². The maximum atomic E-state index is 12.8. The number of fused-ring (bicyclic) bond motifs is 1. The number of benzene rings is 1. The zero-order valence-corrected chi connectivity index (χ0v) is 16.0. The van der Waals surface area contributed by atoms with Crippen LogP contribution in [0.15, 0.2) is 65.5 Å². The quantitative estimate of drug-likeness (QED) is 0.517. The molecule has 0 saturated carbocycles. The van der Waals surface area contributed by atoms with Gasteiger partial charge in [0, 0.05) is 47.9 Å². The number of likely N-dealkylation sites (tertiary alicyclic amines) is 1. The molecular weight excluding hydrogens is 364 g/mol. The second kappa shape index (κ2) is 7.64. The second-order valence-corrected chi connectivity index (χ2v) is 7.60. The van der Waals surface area contributed by atoms with Crippen molar-refractivity contribution in [2.75, 3.05) is 13.1 Å². The summed E-state index contributed by atoms with van der Waals surface area (Å²) in [4.78, 5) is 19.3. The van der Waals surface area contributed by atoms with Crippen molar-refractivity contribution >= 4 is 16.8 Å². The van der Waals surface area contributed by atoms with E-state index in [2.05, 4.69) is 20.1 Å². The number of rotatable bonds is 5. The summed E-state index contributed by atoms with van der Waals surface area (Å²) in [6.07, 6.45) is 7.15. The Hall–Kier alpha value is -3.25. The Balaban J connectivity index is 1.33. The summed E-state index contributed by atoms with van der Waals surface area (Å²) in [7, 11) is 0. The minimum Gasteiger partial charge on any atom is -0.454 e. The first-order valence-corrected chi connectivity index (χ1v) is 9.96. The van der Waals surface area contributed by atoms with E-state index in [1.54, 1.807) is 12.4 Å². The molecule has 1 aromatic carbocycles. The smallest absolute Gasteiger partial charge is 0.168 e. The summed E-state index contributed by atoms with van der Waals surface area (Å²) < 4.78 is 6.01. The van der Waals surface area contributed by atoms with Gasteiger partial charge in [-0.2, -0.15) is 5.10 Å². The molecule has 146 valence electrons. The number of carbonyl (C=O) groups excluding carboxylic acids is 1. The van der Waals surface area contributed by atoms with Crippen molar-refractivity contribution in [2.24, 2.45) is 5.92 Å². The molecule has 6 heteroatoms. The summed E-state index contributed by atoms with van der Waals surface area (Å²) in [5, 5.41) is 8.41. The summed E-state index contributed by atoms with van der Waals surface area (Å²) in [6.45, 7) is 2.46. The number of hydrogen-bond acceptors (Lipinski definition) is 5. The van der Waals surface area contributed by atoms with Crippen molar-refractivity contribution in [3.63, 3.8) is 0 Å². The lowest BCUT2D eigenvalue weighted by Gasteiger charge is -2.31. The fraction of sp³-hybridized carbons (Fsp3) is 0.261. The first-order chi connectivity index (χ1) is 14.3. The molecule has 4 aromatic rings. The minimum atomic E-state index is 0.00880. The van der Waals surface area contributed by atoms with Gasteiger partial charge in [-0.25, -0.2) is 0 Å². The topological polar surface area (TPSA) is 75.0 Å². The van der Waals surface area contributed by atoms with E-state index >= 15 is 0 Å². The molecule has 3 aromatic heterocycles. The van der Waals surface area contributed by atoms with Gasteiger partial charge in [-0.05, 0) is 43.7 Å². The molecule has 4 heterocycles. The fourth-order valence-electron chi connectivity index (χ4n) is 4.15. The Bertz CT molecular complexity index is 1100. The van der Waals surface area contributed by atoms with Gasteiger partial charge in [0.15, 0.2) is 11.5 Å². The average molecular weight is 386 g/mol. The van der Waals surface area contributed by atoms with Gasteiger partial charge in [-0.15, -0.1) is 0 Å². The highest BCUT2D eigenvalue weighted by Gasteiger charge is 2.27. The van der Waals surface area contributed by atoms with Crippen molar-refractivity contribution in [1.82, 2.24) is 20.1 Å². The van der Waals surface area contributed by atoms with E-state index in [1.807, 2.05) is 48.7 Å². The van der Waals surface area contributed by atoms with Crippen LogP contribution >= 0.6 is 0 Å². The Morgan fingerprint density at radius 1 is 1.21 bits per heavy atom. The van der Waals surface area contributed by atoms with Gasteiger partial charge >= 0.3 is 0 Å². The number of H-pyrrole nitrogens is 1. The number of nitrogens with one attached hydrogen (secondary N) is 1. The van der Waals surface area contributed by atoms with E-state index in [0.717, 1.165) is 60.5 Å². The molecule has 1 atom stereocenters. The van der Waals surface area contributed by atoms with Gasteiger partial charge in [0.1, 0.15) is 11.3 Å². The van der Waals surface area contributed by atoms with Gasteiger partial charge in [0.2, 0.25) is 0 Å². The van der Waals surface area contributed by atoms with Crippen LogP contribution in [0.1, 0.15) is 28.8 Å². The lowest BCUT2D eigenvalue weighted by Crippen LogP contribution is -2.38. The molecule has 1 N–H and O–H groups in total. The number of hydrogen-bond donors (Lipinski definition) is 1. The number of ketones is 1. The van der Waals surface area contributed by atoms with E-state index in [9.17, 15) is 4.79 Å². The van der Waals surface area contributed by atoms with Crippen LogP contribution in [-0.4, -0.2) is 39.0 Å². The predicted octanol–water partition coefficient (Wildman–Crippen LogP) is 4.31. The maximum absolute atomic E-state index is 12.8. The highest BCUT2D eigenvalue weighted by Crippen LogP contribution is 2.30. The van der Waals surface area contributed by atoms with Gasteiger partial charge in [0.05, 0.1) is 6.20 Å². The number of Topliss-reactive ketones (excluding diaryl/α,β-unsaturated/α-hetero) is 1. The largest absolute Gasteiger partial charge is 0.454 e. The molecule has 1 unspecified atom stereocenters. The first kappa shape index (κ1) is 17.8. The van der Waals surface area contributed by atoms with Crippen molar-refractivity contribution in [2.45, 2.75) is 19.4 Å². The third-order valence-corrected chi connectivity index (χ3v) is 5.61. The zero-order chi connectivity index (χ0) is 19.6. The number of pyridine rings is 1. The van der Waals surface area contributed by atoms with E-state index in [4.69, 9.17) is 4.42 Å². The number of aromatic nitrogens is 3. The predicted molar refractivity (Wildman–Crippen MR) is 110 cm³/mol. The monoisotopic (exact) mass is 386 g/mol. The van der Waals surface area contributed by atoms with Gasteiger partial charge < -0.3 is 4.42 Å². The van der Waals surface area contributed by atoms with Gasteiger partial charge in [-0.3, -0.25) is 19.8 Å². The average Bonchev–Trinajstić information content (AvgIpc) is 3.40. The molecule has 29 heavy (non-hydrogen) atoms. The van der Waals surface area contributed by atoms with Crippen LogP contribution in [0.3, 0.4) is 0 Å². The molecule has 1 saturated heterocycles. The number of para-hydroxylation sites is 1. The van der Waals surface area contributed by atoms with Crippen LogP contribution in [0.2, 0.25) is 0 Å². The molecule has 0 bridgehead atoms. The maximum Gasteiger partial charge on any atom is 0.168 e. The minimum absolute atomic E-state index is 0.00880. The molecular formula is C23H22N4O2. The summed E-state index contributed by atoms with van der Waals surface area (Å²) >= 11 is 0. The highest BCUT2D eigenvalue weighted by atomic mass is 16.3. The Kier molecular flexibility index (Phi) is 4.69. The van der Waals surface area contributed by atoms with Crippen LogP contribution in [0.25, 0.3) is 22.4 Å². The standard InChI is InChI=1S/C23H22N4O2/c28-23(17-6-3-9-24-12-17)18-7-4-10-27(14-18)15-19-13-25-26-22(19)21-11-16-5-1-2-8-20(16)29-21/h1-3,5-6,8-9,11-13,18H,4,7,10,14-15H2,(H,25,26). The van der Waals surface area contributed by atoms with E-state index in [1.165, 1.54) is 0 Å². The Morgan fingerprint density at radius 3 is 3.00 bits per heavy atom. The summed E-state index contributed by atoms with van der Waals surface area (Å²) in [5.41, 5.74) is 3.55. The molecule has 0 spiro atoms. The SMILES string of the molecule is O=C(c1cccnc1)C1CCCN(Cc2cn[nH]c2-c2cc3ccccc3o2)C1. The Labute approximate surface area is 168 Å². The number of carbonyl (C=O) groups is 1. The molecule has 5 rings (SSSR count). The number of piperidine rings is 1. The van der Waals surface area contributed by atoms with E-state index < -0.39 is 0 Å². The molecule has 6 nitrogen and oxygen atoms in total. The number of aromatic amines is 1. The lowest BCUT2D eigenvalue weighted by molar-refractivity contribution is 0.0811. The lowest BCUT2D eigenvalue weighted by atomic mass is 9.90. The molecule has 1 aliphatic heterocycles. The summed E-state index contributed by atoms with van der Waals surface area (Å²) in [5.74, 6) is 0.987. The molecule has 0 amide bonds. The van der Waals surface area contributed by atoms with Gasteiger partial charge in [-0.1, -0.05) is 18.2 Å². The van der Waals surface area contributed by atoms with Crippen LogP contribution < -0.4 is 0 Å². The van der Waals surface area contributed by atoms with E-state index in [-0.39, 0.29) is 11.7 Å². The van der Waals surface area contributed by atoms with E-state index in [0.29, 0.717) is 5.56 Å². The third kappa shape index (κ3) is 3.59. The van der Waals surface area contributed by atoms with Crippen molar-refractivity contribution in [1.29, 1.82) is 0 Å². The van der Waals surface area contributed by atoms with Crippen LogP contribution in [0, 0.1) is 5.92 Å². The molecule has 0 radical (unpaired) electrons. The molecule has 1 fully saturated rings. The third-order valence-electron chi connectivity index (χ3n) is 5.61. The normalized spacial score (nSPS) is 17.6. The summed E-state index contributed by atoms with van der Waals surface area (Å²) in [6, 6.07) is 13.7. The van der Waals surface area contributed by atoms with Crippen LogP contribution in [0.4, 0.5) is 0 Å². The zero-order valence-electron chi connectivity index (χ0n) is 16.0. The number of nitrogens with zero attached hydrogens (tertiary/aromatic N) is 3. The Morgan fingerprint density at radius 2 is 2.14 bits per heavy atom. The van der Waals surface area contributed by atoms with Crippen molar-refractivity contribution < 1.29 is 9.21 Å². The second-order valence-electron chi connectivity index (χ2n) is 7.60. The van der Waals surface area contributed by atoms with Crippen LogP contribution in [0.5, 0.6) is 0 Å². The number of furan rings is 1.